The Hall–Kier alpha value is -3.08. The molecule has 0 unspecified atom stereocenters. The van der Waals surface area contributed by atoms with E-state index >= 15 is 0 Å². The first kappa shape index (κ1) is 19.2. The zero-order valence-corrected chi connectivity index (χ0v) is 17.0. The second-order valence-corrected chi connectivity index (χ2v) is 7.85. The molecule has 29 heavy (non-hydrogen) atoms. The van der Waals surface area contributed by atoms with Gasteiger partial charge in [-0.1, -0.05) is 49.6 Å². The predicted octanol–water partition coefficient (Wildman–Crippen LogP) is 4.78. The number of carbonyl (C=O) groups is 1. The van der Waals surface area contributed by atoms with Crippen LogP contribution in [0.5, 0.6) is 0 Å². The number of rotatable bonds is 4. The summed E-state index contributed by atoms with van der Waals surface area (Å²) in [6, 6.07) is 17.3. The van der Waals surface area contributed by atoms with Crippen molar-refractivity contribution < 1.29 is 4.79 Å². The van der Waals surface area contributed by atoms with Crippen LogP contribution in [0.2, 0.25) is 0 Å². The minimum Gasteiger partial charge on any atom is -0.316 e. The van der Waals surface area contributed by atoms with Gasteiger partial charge in [0.05, 0.1) is 11.4 Å². The van der Waals surface area contributed by atoms with Crippen molar-refractivity contribution in [2.75, 3.05) is 5.32 Å². The van der Waals surface area contributed by atoms with E-state index in [1.807, 2.05) is 56.4 Å². The lowest BCUT2D eigenvalue weighted by Gasteiger charge is -2.22. The Kier molecular flexibility index (Phi) is 5.38. The van der Waals surface area contributed by atoms with Crippen molar-refractivity contribution in [2.45, 2.75) is 44.9 Å². The average molecular weight is 389 g/mol. The lowest BCUT2D eigenvalue weighted by atomic mass is 9.84. The molecule has 1 saturated carbocycles. The molecule has 0 aliphatic heterocycles. The summed E-state index contributed by atoms with van der Waals surface area (Å²) >= 11 is 0. The molecular weight excluding hydrogens is 362 g/mol. The largest absolute Gasteiger partial charge is 0.316 e. The maximum absolute atomic E-state index is 13.0. The van der Waals surface area contributed by atoms with Crippen molar-refractivity contribution >= 4 is 11.6 Å². The average Bonchev–Trinajstić information content (AvgIpc) is 2.98. The quantitative estimate of drug-likeness (QED) is 0.698. The van der Waals surface area contributed by atoms with Gasteiger partial charge in [-0.25, -0.2) is 4.68 Å². The van der Waals surface area contributed by atoms with E-state index in [0.29, 0.717) is 22.9 Å². The smallest absolute Gasteiger partial charge is 0.295 e. The van der Waals surface area contributed by atoms with Crippen molar-refractivity contribution in [1.82, 2.24) is 9.36 Å². The maximum atomic E-state index is 13.0. The second-order valence-electron chi connectivity index (χ2n) is 7.85. The number of hydrogen-bond acceptors (Lipinski definition) is 2. The fraction of sp³-hybridized carbons (Fsp3) is 0.333. The summed E-state index contributed by atoms with van der Waals surface area (Å²) in [6.45, 7) is 1.84. The van der Waals surface area contributed by atoms with Gasteiger partial charge in [0.1, 0.15) is 5.69 Å². The number of amides is 1. The van der Waals surface area contributed by atoms with Crippen molar-refractivity contribution in [2.24, 2.45) is 7.05 Å². The highest BCUT2D eigenvalue weighted by Gasteiger charge is 2.20. The van der Waals surface area contributed by atoms with Gasteiger partial charge in [0.15, 0.2) is 0 Å². The summed E-state index contributed by atoms with van der Waals surface area (Å²) in [6.07, 6.45) is 6.36. The monoisotopic (exact) mass is 389 g/mol. The molecule has 0 saturated heterocycles. The molecule has 2 aromatic carbocycles. The molecule has 1 heterocycles. The number of benzene rings is 2. The molecule has 0 radical (unpaired) electrons. The molecule has 0 atom stereocenters. The van der Waals surface area contributed by atoms with Gasteiger partial charge in [-0.15, -0.1) is 0 Å². The SMILES string of the molecule is Cc1c(NC(=O)c2ccc(C3CCCCC3)cc2)c(=O)n(-c2ccccc2)n1C. The molecule has 0 spiro atoms. The molecule has 5 nitrogen and oxygen atoms in total. The Morgan fingerprint density at radius 1 is 0.966 bits per heavy atom. The Bertz CT molecular complexity index is 1060. The lowest BCUT2D eigenvalue weighted by molar-refractivity contribution is 0.102. The Balaban J connectivity index is 1.56. The number of aromatic nitrogens is 2. The molecule has 3 aromatic rings. The van der Waals surface area contributed by atoms with Crippen LogP contribution < -0.4 is 10.9 Å². The predicted molar refractivity (Wildman–Crippen MR) is 116 cm³/mol. The fourth-order valence-electron chi connectivity index (χ4n) is 4.24. The third-order valence-corrected chi connectivity index (χ3v) is 6.04. The molecular formula is C24H27N3O2. The van der Waals surface area contributed by atoms with E-state index in [-0.39, 0.29) is 11.5 Å². The molecule has 5 heteroatoms. The Morgan fingerprint density at radius 2 is 1.62 bits per heavy atom. The van der Waals surface area contributed by atoms with Crippen molar-refractivity contribution in [3.8, 4) is 5.69 Å². The normalized spacial score (nSPS) is 14.7. The van der Waals surface area contributed by atoms with Crippen LogP contribution in [0, 0.1) is 6.92 Å². The van der Waals surface area contributed by atoms with Gasteiger partial charge >= 0.3 is 0 Å². The molecule has 0 bridgehead atoms. The Labute approximate surface area is 171 Å². The van der Waals surface area contributed by atoms with E-state index in [1.165, 1.54) is 37.7 Å². The highest BCUT2D eigenvalue weighted by atomic mass is 16.2. The van der Waals surface area contributed by atoms with E-state index in [1.54, 1.807) is 9.36 Å². The molecule has 1 aliphatic rings. The third kappa shape index (κ3) is 3.77. The van der Waals surface area contributed by atoms with Crippen molar-refractivity contribution in [1.29, 1.82) is 0 Å². The van der Waals surface area contributed by atoms with Crippen LogP contribution in [0.1, 0.15) is 59.6 Å². The maximum Gasteiger partial charge on any atom is 0.295 e. The van der Waals surface area contributed by atoms with Gasteiger partial charge in [0.25, 0.3) is 11.5 Å². The summed E-state index contributed by atoms with van der Waals surface area (Å²) < 4.78 is 3.33. The first-order chi connectivity index (χ1) is 14.1. The zero-order valence-electron chi connectivity index (χ0n) is 17.0. The highest BCUT2D eigenvalue weighted by Crippen LogP contribution is 2.32. The number of hydrogen-bond donors (Lipinski definition) is 1. The molecule has 4 rings (SSSR count). The van der Waals surface area contributed by atoms with Crippen LogP contribution in [0.25, 0.3) is 5.69 Å². The highest BCUT2D eigenvalue weighted by molar-refractivity contribution is 6.04. The summed E-state index contributed by atoms with van der Waals surface area (Å²) in [5.41, 5.74) is 3.44. The van der Waals surface area contributed by atoms with Crippen molar-refractivity contribution in [3.63, 3.8) is 0 Å². The van der Waals surface area contributed by atoms with Crippen LogP contribution in [0.15, 0.2) is 59.4 Å². The molecule has 150 valence electrons. The summed E-state index contributed by atoms with van der Waals surface area (Å²) in [5.74, 6) is 0.349. The molecule has 1 aliphatic carbocycles. The summed E-state index contributed by atoms with van der Waals surface area (Å²) in [4.78, 5) is 25.8. The standard InChI is InChI=1S/C24H27N3O2/c1-17-22(24(29)27(26(17)2)21-11-7-4-8-12-21)25-23(28)20-15-13-19(14-16-20)18-9-5-3-6-10-18/h4,7-8,11-16,18H,3,5-6,9-10H2,1-2H3,(H,25,28). The van der Waals surface area contributed by atoms with Gasteiger partial charge in [-0.3, -0.25) is 14.3 Å². The Morgan fingerprint density at radius 3 is 2.28 bits per heavy atom. The van der Waals surface area contributed by atoms with E-state index in [2.05, 4.69) is 17.4 Å². The minimum atomic E-state index is -0.258. The fourth-order valence-corrected chi connectivity index (χ4v) is 4.24. The number of carbonyl (C=O) groups excluding carboxylic acids is 1. The van der Waals surface area contributed by atoms with Crippen molar-refractivity contribution in [3.05, 3.63) is 81.8 Å². The van der Waals surface area contributed by atoms with Gasteiger partial charge in [0.2, 0.25) is 0 Å². The van der Waals surface area contributed by atoms with Gasteiger partial charge in [0, 0.05) is 12.6 Å². The van der Waals surface area contributed by atoms with E-state index in [9.17, 15) is 9.59 Å². The van der Waals surface area contributed by atoms with Gasteiger partial charge in [-0.05, 0) is 55.5 Å². The minimum absolute atomic E-state index is 0.233. The van der Waals surface area contributed by atoms with Crippen LogP contribution >= 0.6 is 0 Å². The van der Waals surface area contributed by atoms with E-state index in [4.69, 9.17) is 0 Å². The topological polar surface area (TPSA) is 56.0 Å². The number of anilines is 1. The van der Waals surface area contributed by atoms with Crippen LogP contribution in [-0.4, -0.2) is 15.3 Å². The van der Waals surface area contributed by atoms with Crippen LogP contribution in [0.3, 0.4) is 0 Å². The second kappa shape index (κ2) is 8.11. The number of para-hydroxylation sites is 1. The number of nitrogens with zero attached hydrogens (tertiary/aromatic N) is 2. The summed E-state index contributed by atoms with van der Waals surface area (Å²) in [7, 11) is 1.82. The van der Waals surface area contributed by atoms with E-state index in [0.717, 1.165) is 5.69 Å². The summed E-state index contributed by atoms with van der Waals surface area (Å²) in [5, 5.41) is 2.83. The number of nitrogens with one attached hydrogen (secondary N) is 1. The third-order valence-electron chi connectivity index (χ3n) is 6.04. The molecule has 1 amide bonds. The molecule has 1 N–H and O–H groups in total. The zero-order chi connectivity index (χ0) is 20.4. The first-order valence-corrected chi connectivity index (χ1v) is 10.3. The van der Waals surface area contributed by atoms with E-state index < -0.39 is 0 Å². The first-order valence-electron chi connectivity index (χ1n) is 10.3. The molecule has 1 fully saturated rings. The van der Waals surface area contributed by atoms with Gasteiger partial charge < -0.3 is 5.32 Å². The van der Waals surface area contributed by atoms with Crippen LogP contribution in [0.4, 0.5) is 5.69 Å². The lowest BCUT2D eigenvalue weighted by Crippen LogP contribution is -2.23. The molecule has 1 aromatic heterocycles. The van der Waals surface area contributed by atoms with Crippen LogP contribution in [-0.2, 0) is 7.05 Å². The van der Waals surface area contributed by atoms with Gasteiger partial charge in [-0.2, -0.15) is 0 Å².